The Labute approximate surface area is 117 Å². The van der Waals surface area contributed by atoms with Crippen molar-refractivity contribution in [2.45, 2.75) is 45.3 Å². The molecule has 2 unspecified atom stereocenters. The molecular weight excluding hydrogens is 238 g/mol. The van der Waals surface area contributed by atoms with E-state index < -0.39 is 6.10 Å². The van der Waals surface area contributed by atoms with E-state index in [4.69, 9.17) is 4.74 Å². The van der Waals surface area contributed by atoms with Gasteiger partial charge in [0.2, 0.25) is 0 Å². The Bertz CT molecular complexity index is 316. The number of hydrogen-bond acceptors (Lipinski definition) is 3. The van der Waals surface area contributed by atoms with E-state index in [0.717, 1.165) is 25.9 Å². The number of rotatable bonds is 10. The highest BCUT2D eigenvalue weighted by Crippen LogP contribution is 2.02. The maximum Gasteiger partial charge on any atom is 0.0897 e. The van der Waals surface area contributed by atoms with Crippen LogP contribution in [0.5, 0.6) is 0 Å². The third-order valence-corrected chi connectivity index (χ3v) is 3.04. The molecule has 2 atom stereocenters. The molecule has 0 aromatic heterocycles. The second-order valence-corrected chi connectivity index (χ2v) is 5.08. The van der Waals surface area contributed by atoms with Crippen LogP contribution in [0, 0.1) is 0 Å². The summed E-state index contributed by atoms with van der Waals surface area (Å²) in [6.07, 6.45) is 2.74. The first kappa shape index (κ1) is 16.2. The zero-order valence-electron chi connectivity index (χ0n) is 12.1. The van der Waals surface area contributed by atoms with Crippen LogP contribution in [0.15, 0.2) is 30.3 Å². The van der Waals surface area contributed by atoms with Crippen LogP contribution in [0.2, 0.25) is 0 Å². The summed E-state index contributed by atoms with van der Waals surface area (Å²) in [7, 11) is 0. The molecule has 0 saturated carbocycles. The van der Waals surface area contributed by atoms with E-state index in [1.807, 2.05) is 6.07 Å². The number of nitrogens with one attached hydrogen (secondary N) is 1. The molecule has 0 aliphatic heterocycles. The van der Waals surface area contributed by atoms with Gasteiger partial charge in [-0.3, -0.25) is 0 Å². The molecule has 0 aliphatic rings. The van der Waals surface area contributed by atoms with Crippen molar-refractivity contribution in [3.63, 3.8) is 0 Å². The molecule has 1 aromatic rings. The first-order valence-electron chi connectivity index (χ1n) is 7.25. The van der Waals surface area contributed by atoms with Crippen LogP contribution in [0.25, 0.3) is 0 Å². The van der Waals surface area contributed by atoms with Gasteiger partial charge in [0.25, 0.3) is 0 Å². The topological polar surface area (TPSA) is 41.5 Å². The lowest BCUT2D eigenvalue weighted by Crippen LogP contribution is -2.37. The molecular formula is C16H27NO2. The van der Waals surface area contributed by atoms with Crippen molar-refractivity contribution in [2.24, 2.45) is 0 Å². The predicted octanol–water partition coefficient (Wildman–Crippen LogP) is 2.38. The van der Waals surface area contributed by atoms with Gasteiger partial charge in [-0.1, -0.05) is 43.7 Å². The van der Waals surface area contributed by atoms with Crippen LogP contribution in [0.3, 0.4) is 0 Å². The fraction of sp³-hybridized carbons (Fsp3) is 0.625. The van der Waals surface area contributed by atoms with E-state index in [1.165, 1.54) is 5.56 Å². The minimum absolute atomic E-state index is 0.354. The van der Waals surface area contributed by atoms with E-state index in [0.29, 0.717) is 19.2 Å². The molecule has 2 N–H and O–H groups in total. The van der Waals surface area contributed by atoms with Gasteiger partial charge in [0.1, 0.15) is 0 Å². The maximum absolute atomic E-state index is 9.78. The van der Waals surface area contributed by atoms with E-state index >= 15 is 0 Å². The molecule has 0 amide bonds. The lowest BCUT2D eigenvalue weighted by atomic mass is 10.1. The summed E-state index contributed by atoms with van der Waals surface area (Å²) >= 11 is 0. The quantitative estimate of drug-likeness (QED) is 0.638. The molecule has 3 nitrogen and oxygen atoms in total. The van der Waals surface area contributed by atoms with Gasteiger partial charge in [-0.2, -0.15) is 0 Å². The highest BCUT2D eigenvalue weighted by atomic mass is 16.5. The van der Waals surface area contributed by atoms with E-state index in [-0.39, 0.29) is 0 Å². The Morgan fingerprint density at radius 3 is 2.68 bits per heavy atom. The summed E-state index contributed by atoms with van der Waals surface area (Å²) in [6, 6.07) is 10.7. The highest BCUT2D eigenvalue weighted by Gasteiger charge is 2.07. The number of aliphatic hydroxyl groups is 1. The van der Waals surface area contributed by atoms with Crippen molar-refractivity contribution < 1.29 is 9.84 Å². The summed E-state index contributed by atoms with van der Waals surface area (Å²) < 4.78 is 5.40. The molecule has 1 aromatic carbocycles. The largest absolute Gasteiger partial charge is 0.389 e. The first-order chi connectivity index (χ1) is 9.22. The van der Waals surface area contributed by atoms with Crippen molar-refractivity contribution in [1.82, 2.24) is 5.32 Å². The van der Waals surface area contributed by atoms with Crippen LogP contribution in [-0.2, 0) is 11.2 Å². The minimum Gasteiger partial charge on any atom is -0.389 e. The number of benzene rings is 1. The molecule has 3 heteroatoms. The van der Waals surface area contributed by atoms with Gasteiger partial charge in [-0.25, -0.2) is 0 Å². The zero-order chi connectivity index (χ0) is 13.9. The molecule has 0 bridgehead atoms. The summed E-state index contributed by atoms with van der Waals surface area (Å²) in [5.41, 5.74) is 1.32. The maximum atomic E-state index is 9.78. The predicted molar refractivity (Wildman–Crippen MR) is 79.3 cm³/mol. The van der Waals surface area contributed by atoms with Gasteiger partial charge < -0.3 is 15.2 Å². The van der Waals surface area contributed by atoms with Crippen molar-refractivity contribution in [1.29, 1.82) is 0 Å². The van der Waals surface area contributed by atoms with Crippen LogP contribution in [-0.4, -0.2) is 37.0 Å². The first-order valence-corrected chi connectivity index (χ1v) is 7.25. The van der Waals surface area contributed by atoms with Crippen LogP contribution < -0.4 is 5.32 Å². The summed E-state index contributed by atoms with van der Waals surface area (Å²) in [5.74, 6) is 0. The molecule has 0 spiro atoms. The molecule has 1 rings (SSSR count). The number of ether oxygens (including phenoxy) is 1. The van der Waals surface area contributed by atoms with Gasteiger partial charge >= 0.3 is 0 Å². The Balaban J connectivity index is 2.10. The Kier molecular flexibility index (Phi) is 8.47. The van der Waals surface area contributed by atoms with Crippen LogP contribution in [0.1, 0.15) is 32.3 Å². The van der Waals surface area contributed by atoms with Gasteiger partial charge in [0, 0.05) is 19.2 Å². The van der Waals surface area contributed by atoms with Gasteiger partial charge in [-0.15, -0.1) is 0 Å². The van der Waals surface area contributed by atoms with Gasteiger partial charge in [0.15, 0.2) is 0 Å². The lowest BCUT2D eigenvalue weighted by molar-refractivity contribution is 0.0348. The highest BCUT2D eigenvalue weighted by molar-refractivity contribution is 5.15. The minimum atomic E-state index is -0.421. The standard InChI is InChI=1S/C16H27NO2/c1-3-4-10-19-13-16(18)12-17-14(2)11-15-8-6-5-7-9-15/h5-9,14,16-18H,3-4,10-13H2,1-2H3. The fourth-order valence-corrected chi connectivity index (χ4v) is 1.90. The lowest BCUT2D eigenvalue weighted by Gasteiger charge is -2.17. The summed E-state index contributed by atoms with van der Waals surface area (Å²) in [5, 5.41) is 13.1. The normalized spacial score (nSPS) is 14.3. The molecule has 0 aliphatic carbocycles. The molecule has 0 radical (unpaired) electrons. The molecule has 0 heterocycles. The number of hydrogen-bond donors (Lipinski definition) is 2. The average Bonchev–Trinajstić information content (AvgIpc) is 2.42. The van der Waals surface area contributed by atoms with Crippen LogP contribution in [0.4, 0.5) is 0 Å². The smallest absolute Gasteiger partial charge is 0.0897 e. The van der Waals surface area contributed by atoms with Crippen molar-refractivity contribution in [2.75, 3.05) is 19.8 Å². The second kappa shape index (κ2) is 9.96. The number of aliphatic hydroxyl groups excluding tert-OH is 1. The number of unbranched alkanes of at least 4 members (excludes halogenated alkanes) is 1. The van der Waals surface area contributed by atoms with Crippen LogP contribution >= 0.6 is 0 Å². The average molecular weight is 265 g/mol. The Morgan fingerprint density at radius 2 is 2.00 bits per heavy atom. The van der Waals surface area contributed by atoms with E-state index in [9.17, 15) is 5.11 Å². The summed E-state index contributed by atoms with van der Waals surface area (Å²) in [6.45, 7) is 6.02. The molecule has 108 valence electrons. The monoisotopic (exact) mass is 265 g/mol. The Morgan fingerprint density at radius 1 is 1.26 bits per heavy atom. The SMILES string of the molecule is CCCCOCC(O)CNC(C)Cc1ccccc1. The van der Waals surface area contributed by atoms with Crippen molar-refractivity contribution in [3.8, 4) is 0 Å². The van der Waals surface area contributed by atoms with Crippen molar-refractivity contribution in [3.05, 3.63) is 35.9 Å². The van der Waals surface area contributed by atoms with E-state index in [1.54, 1.807) is 0 Å². The molecule has 19 heavy (non-hydrogen) atoms. The van der Waals surface area contributed by atoms with Crippen molar-refractivity contribution >= 4 is 0 Å². The van der Waals surface area contributed by atoms with Gasteiger partial charge in [0.05, 0.1) is 12.7 Å². The second-order valence-electron chi connectivity index (χ2n) is 5.08. The zero-order valence-corrected chi connectivity index (χ0v) is 12.1. The third kappa shape index (κ3) is 7.98. The molecule has 0 fully saturated rings. The fourth-order valence-electron chi connectivity index (χ4n) is 1.90. The van der Waals surface area contributed by atoms with E-state index in [2.05, 4.69) is 43.4 Å². The third-order valence-electron chi connectivity index (χ3n) is 3.04. The Hall–Kier alpha value is -0.900. The molecule has 0 saturated heterocycles. The van der Waals surface area contributed by atoms with Gasteiger partial charge in [-0.05, 0) is 25.3 Å². The summed E-state index contributed by atoms with van der Waals surface area (Å²) in [4.78, 5) is 0.